The van der Waals surface area contributed by atoms with E-state index in [1.165, 1.54) is 13.8 Å². The molecule has 0 amide bonds. The van der Waals surface area contributed by atoms with Gasteiger partial charge in [0.2, 0.25) is 0 Å². The Balaban J connectivity index is 1.32. The monoisotopic (exact) mass is 489 g/mol. The molecule has 0 heterocycles. The summed E-state index contributed by atoms with van der Waals surface area (Å²) in [5.74, 6) is -0.0588. The molecule has 0 aliphatic rings. The molecule has 0 saturated heterocycles. The first-order chi connectivity index (χ1) is 17.8. The van der Waals surface area contributed by atoms with Crippen molar-refractivity contribution in [3.05, 3.63) is 130 Å². The molecule has 0 bridgehead atoms. The number of ketones is 4. The van der Waals surface area contributed by atoms with Crippen LogP contribution in [-0.2, 0) is 12.8 Å². The summed E-state index contributed by atoms with van der Waals surface area (Å²) in [6.45, 7) is 3.00. The molecule has 0 saturated carbocycles. The molecule has 0 spiro atoms. The average molecular weight is 490 g/mol. The van der Waals surface area contributed by atoms with E-state index in [4.69, 9.17) is 0 Å². The highest BCUT2D eigenvalue weighted by atomic mass is 16.1. The maximum Gasteiger partial charge on any atom is 0.167 e. The highest BCUT2D eigenvalue weighted by molar-refractivity contribution is 6.00. The van der Waals surface area contributed by atoms with E-state index in [9.17, 15) is 19.2 Å². The second kappa shape index (κ2) is 11.4. The van der Waals surface area contributed by atoms with Crippen molar-refractivity contribution in [3.63, 3.8) is 0 Å². The van der Waals surface area contributed by atoms with Crippen LogP contribution >= 0.6 is 0 Å². The molecule has 0 aliphatic heterocycles. The van der Waals surface area contributed by atoms with Gasteiger partial charge in [-0.1, -0.05) is 72.8 Å². The molecule has 0 unspecified atom stereocenters. The van der Waals surface area contributed by atoms with Crippen molar-refractivity contribution in [1.82, 2.24) is 0 Å². The quantitative estimate of drug-likeness (QED) is 0.251. The van der Waals surface area contributed by atoms with E-state index in [1.54, 1.807) is 48.5 Å². The third-order valence-electron chi connectivity index (χ3n) is 6.15. The average Bonchev–Trinajstić information content (AvgIpc) is 2.91. The fourth-order valence-electron chi connectivity index (χ4n) is 3.94. The molecule has 4 rings (SSSR count). The Labute approximate surface area is 216 Å². The molecule has 5 nitrogen and oxygen atoms in total. The van der Waals surface area contributed by atoms with Gasteiger partial charge in [-0.3, -0.25) is 19.2 Å². The van der Waals surface area contributed by atoms with E-state index in [1.807, 2.05) is 48.5 Å². The number of carbonyl (C=O) groups is 4. The van der Waals surface area contributed by atoms with Crippen LogP contribution in [0.4, 0.5) is 11.4 Å². The van der Waals surface area contributed by atoms with Crippen LogP contribution in [0.25, 0.3) is 0 Å². The normalized spacial score (nSPS) is 10.5. The summed E-state index contributed by atoms with van der Waals surface area (Å²) < 4.78 is 0. The molecule has 0 atom stereocenters. The summed E-state index contributed by atoms with van der Waals surface area (Å²) in [6.07, 6.45) is 0.555. The van der Waals surface area contributed by atoms with Crippen molar-refractivity contribution in [2.45, 2.75) is 26.7 Å². The van der Waals surface area contributed by atoms with Crippen LogP contribution in [0.1, 0.15) is 66.4 Å². The molecule has 0 aromatic heterocycles. The van der Waals surface area contributed by atoms with Crippen LogP contribution in [0.2, 0.25) is 0 Å². The first-order valence-electron chi connectivity index (χ1n) is 12.0. The third-order valence-corrected chi connectivity index (χ3v) is 6.15. The Kier molecular flexibility index (Phi) is 7.84. The fraction of sp³-hybridized carbons (Fsp3) is 0.125. The fourth-order valence-corrected chi connectivity index (χ4v) is 3.94. The number of hydrogen-bond donors (Lipinski definition) is 1. The molecule has 0 radical (unpaired) electrons. The first-order valence-corrected chi connectivity index (χ1v) is 12.0. The number of benzene rings is 4. The van der Waals surface area contributed by atoms with Crippen molar-refractivity contribution >= 4 is 34.5 Å². The van der Waals surface area contributed by atoms with Crippen molar-refractivity contribution < 1.29 is 19.2 Å². The van der Waals surface area contributed by atoms with E-state index in [0.717, 1.165) is 22.5 Å². The van der Waals surface area contributed by atoms with Crippen LogP contribution in [0.5, 0.6) is 0 Å². The molecule has 184 valence electrons. The van der Waals surface area contributed by atoms with Gasteiger partial charge in [0.25, 0.3) is 0 Å². The highest BCUT2D eigenvalue weighted by Gasteiger charge is 2.10. The predicted molar refractivity (Wildman–Crippen MR) is 145 cm³/mol. The van der Waals surface area contributed by atoms with Gasteiger partial charge in [-0.2, -0.15) is 0 Å². The van der Waals surface area contributed by atoms with E-state index in [-0.39, 0.29) is 36.0 Å². The maximum absolute atomic E-state index is 12.6. The van der Waals surface area contributed by atoms with Crippen molar-refractivity contribution in [2.24, 2.45) is 0 Å². The summed E-state index contributed by atoms with van der Waals surface area (Å²) in [4.78, 5) is 48.0. The van der Waals surface area contributed by atoms with E-state index in [2.05, 4.69) is 5.32 Å². The zero-order valence-corrected chi connectivity index (χ0v) is 20.8. The van der Waals surface area contributed by atoms with Gasteiger partial charge in [0.1, 0.15) is 0 Å². The van der Waals surface area contributed by atoms with Gasteiger partial charge in [-0.25, -0.2) is 0 Å². The van der Waals surface area contributed by atoms with Crippen LogP contribution < -0.4 is 5.32 Å². The number of hydrogen-bond acceptors (Lipinski definition) is 5. The van der Waals surface area contributed by atoms with E-state index >= 15 is 0 Å². The minimum absolute atomic E-state index is 0.00394. The third kappa shape index (κ3) is 6.73. The van der Waals surface area contributed by atoms with Gasteiger partial charge in [0.05, 0.1) is 0 Å². The second-order valence-corrected chi connectivity index (χ2v) is 8.99. The number of nitrogens with one attached hydrogen (secondary N) is 1. The summed E-state index contributed by atoms with van der Waals surface area (Å²) in [5.41, 5.74) is 5.91. The van der Waals surface area contributed by atoms with Crippen LogP contribution in [0.3, 0.4) is 0 Å². The molecular formula is C32H27NO4. The van der Waals surface area contributed by atoms with Crippen LogP contribution in [-0.4, -0.2) is 23.1 Å². The second-order valence-electron chi connectivity index (χ2n) is 8.99. The Morgan fingerprint density at radius 2 is 0.757 bits per heavy atom. The van der Waals surface area contributed by atoms with E-state index in [0.29, 0.717) is 22.3 Å². The predicted octanol–water partition coefficient (Wildman–Crippen LogP) is 6.69. The molecule has 37 heavy (non-hydrogen) atoms. The zero-order chi connectivity index (χ0) is 26.4. The SMILES string of the molecule is CC(=O)c1ccc(C(=O)Cc2ccc(Nc3ccc(CC(=O)c4ccc(C(C)=O)cc4)cc3)cc2)cc1. The largest absolute Gasteiger partial charge is 0.356 e. The molecule has 1 N–H and O–H groups in total. The minimum Gasteiger partial charge on any atom is -0.356 e. The summed E-state index contributed by atoms with van der Waals surface area (Å²) in [5, 5.41) is 3.33. The molecule has 5 heteroatoms. The minimum atomic E-state index is -0.0254. The first kappa shape index (κ1) is 25.5. The zero-order valence-electron chi connectivity index (χ0n) is 20.8. The Morgan fingerprint density at radius 1 is 0.459 bits per heavy atom. The van der Waals surface area contributed by atoms with E-state index < -0.39 is 0 Å². The molecule has 4 aromatic carbocycles. The Morgan fingerprint density at radius 3 is 1.05 bits per heavy atom. The smallest absolute Gasteiger partial charge is 0.167 e. The lowest BCUT2D eigenvalue weighted by Crippen LogP contribution is -2.04. The lowest BCUT2D eigenvalue weighted by atomic mass is 10.0. The van der Waals surface area contributed by atoms with Gasteiger partial charge in [0, 0.05) is 46.5 Å². The summed E-state index contributed by atoms with van der Waals surface area (Å²) in [6, 6.07) is 28.8. The number of anilines is 2. The molecule has 4 aromatic rings. The number of carbonyl (C=O) groups excluding carboxylic acids is 4. The van der Waals surface area contributed by atoms with Gasteiger partial charge >= 0.3 is 0 Å². The van der Waals surface area contributed by atoms with Gasteiger partial charge in [0.15, 0.2) is 23.1 Å². The Hall–Kier alpha value is -4.64. The maximum atomic E-state index is 12.6. The van der Waals surface area contributed by atoms with Gasteiger partial charge < -0.3 is 5.32 Å². The van der Waals surface area contributed by atoms with Crippen molar-refractivity contribution in [3.8, 4) is 0 Å². The number of Topliss-reactive ketones (excluding diaryl/α,β-unsaturated/α-hetero) is 4. The molecule has 0 aliphatic carbocycles. The van der Waals surface area contributed by atoms with Crippen molar-refractivity contribution in [1.29, 1.82) is 0 Å². The Bertz CT molecular complexity index is 1320. The highest BCUT2D eigenvalue weighted by Crippen LogP contribution is 2.20. The molecular weight excluding hydrogens is 462 g/mol. The van der Waals surface area contributed by atoms with Crippen LogP contribution in [0.15, 0.2) is 97.1 Å². The van der Waals surface area contributed by atoms with Crippen molar-refractivity contribution in [2.75, 3.05) is 5.32 Å². The topological polar surface area (TPSA) is 80.3 Å². The summed E-state index contributed by atoms with van der Waals surface area (Å²) >= 11 is 0. The standard InChI is InChI=1S/C32H27NO4/c1-21(34)25-7-11-27(12-8-25)31(36)19-23-3-15-29(16-4-23)33-30-17-5-24(6-18-30)20-32(37)28-13-9-26(10-14-28)22(2)35/h3-18,33H,19-20H2,1-2H3. The lowest BCUT2D eigenvalue weighted by Gasteiger charge is -2.09. The van der Waals surface area contributed by atoms with Gasteiger partial charge in [-0.05, 0) is 49.2 Å². The van der Waals surface area contributed by atoms with Gasteiger partial charge in [-0.15, -0.1) is 0 Å². The molecule has 0 fully saturated rings. The lowest BCUT2D eigenvalue weighted by molar-refractivity contribution is 0.0984. The van der Waals surface area contributed by atoms with Crippen LogP contribution in [0, 0.1) is 0 Å². The number of rotatable bonds is 10. The summed E-state index contributed by atoms with van der Waals surface area (Å²) in [7, 11) is 0.